The Labute approximate surface area is 140 Å². The zero-order chi connectivity index (χ0) is 16.5. The van der Waals surface area contributed by atoms with Gasteiger partial charge in [-0.1, -0.05) is 30.3 Å². The molecule has 1 atom stereocenters. The summed E-state index contributed by atoms with van der Waals surface area (Å²) in [5.41, 5.74) is 3.56. The Kier molecular flexibility index (Phi) is 3.65. The molecular formula is C18H19N5O. The van der Waals surface area contributed by atoms with E-state index in [9.17, 15) is 4.79 Å². The first-order valence-electron chi connectivity index (χ1n) is 8.12. The lowest BCUT2D eigenvalue weighted by molar-refractivity contribution is 0.0920. The van der Waals surface area contributed by atoms with Gasteiger partial charge in [0.2, 0.25) is 0 Å². The second-order valence-corrected chi connectivity index (χ2v) is 6.11. The van der Waals surface area contributed by atoms with Gasteiger partial charge in [0.15, 0.2) is 0 Å². The van der Waals surface area contributed by atoms with Crippen LogP contribution < -0.4 is 5.32 Å². The lowest BCUT2D eigenvalue weighted by atomic mass is 10.0. The summed E-state index contributed by atoms with van der Waals surface area (Å²) in [5.74, 6) is -0.0786. The van der Waals surface area contributed by atoms with Crippen LogP contribution >= 0.6 is 0 Å². The van der Waals surface area contributed by atoms with Crippen molar-refractivity contribution in [2.75, 3.05) is 0 Å². The predicted molar refractivity (Wildman–Crippen MR) is 90.4 cm³/mol. The summed E-state index contributed by atoms with van der Waals surface area (Å²) in [7, 11) is 1.80. The van der Waals surface area contributed by atoms with Crippen molar-refractivity contribution in [2.45, 2.75) is 25.4 Å². The van der Waals surface area contributed by atoms with Gasteiger partial charge in [-0.05, 0) is 18.6 Å². The average molecular weight is 321 g/mol. The number of benzene rings is 1. The molecule has 122 valence electrons. The number of nitrogens with one attached hydrogen (secondary N) is 1. The second-order valence-electron chi connectivity index (χ2n) is 6.11. The minimum atomic E-state index is -0.0786. The van der Waals surface area contributed by atoms with E-state index in [4.69, 9.17) is 0 Å². The summed E-state index contributed by atoms with van der Waals surface area (Å²) in [6.07, 6.45) is 3.52. The molecule has 4 rings (SSSR count). The van der Waals surface area contributed by atoms with Crippen molar-refractivity contribution in [1.29, 1.82) is 0 Å². The topological polar surface area (TPSA) is 64.7 Å². The van der Waals surface area contributed by atoms with Crippen LogP contribution in [-0.4, -0.2) is 31.5 Å². The molecule has 6 heteroatoms. The van der Waals surface area contributed by atoms with E-state index in [0.717, 1.165) is 30.6 Å². The van der Waals surface area contributed by atoms with Crippen LogP contribution in [0.15, 0.2) is 48.7 Å². The molecule has 1 amide bonds. The fourth-order valence-corrected chi connectivity index (χ4v) is 3.18. The molecule has 1 aromatic carbocycles. The maximum atomic E-state index is 12.6. The number of rotatable bonds is 3. The van der Waals surface area contributed by atoms with Gasteiger partial charge in [-0.25, -0.2) is 0 Å². The average Bonchev–Trinajstić information content (AvgIpc) is 3.21. The summed E-state index contributed by atoms with van der Waals surface area (Å²) >= 11 is 0. The zero-order valence-electron chi connectivity index (χ0n) is 13.5. The summed E-state index contributed by atoms with van der Waals surface area (Å²) in [4.78, 5) is 12.6. The maximum Gasteiger partial charge on any atom is 0.269 e. The number of aromatic nitrogens is 4. The molecule has 3 aromatic rings. The highest BCUT2D eigenvalue weighted by atomic mass is 16.2. The van der Waals surface area contributed by atoms with Gasteiger partial charge in [0.25, 0.3) is 5.91 Å². The van der Waals surface area contributed by atoms with Gasteiger partial charge in [0, 0.05) is 43.5 Å². The van der Waals surface area contributed by atoms with E-state index in [1.807, 2.05) is 53.3 Å². The first-order chi connectivity index (χ1) is 11.7. The minimum Gasteiger partial charge on any atom is -0.348 e. The third kappa shape index (κ3) is 2.71. The fraction of sp³-hybridized carbons (Fsp3) is 0.278. The van der Waals surface area contributed by atoms with Crippen molar-refractivity contribution in [3.63, 3.8) is 0 Å². The fourth-order valence-electron chi connectivity index (χ4n) is 3.18. The lowest BCUT2D eigenvalue weighted by Gasteiger charge is -2.24. The van der Waals surface area contributed by atoms with Crippen LogP contribution in [0.3, 0.4) is 0 Å². The molecule has 0 spiro atoms. The van der Waals surface area contributed by atoms with Crippen molar-refractivity contribution in [1.82, 2.24) is 24.9 Å². The highest BCUT2D eigenvalue weighted by Gasteiger charge is 2.22. The summed E-state index contributed by atoms with van der Waals surface area (Å²) in [6.45, 7) is 0.841. The molecule has 3 heterocycles. The normalized spacial score (nSPS) is 16.6. The molecule has 0 bridgehead atoms. The highest BCUT2D eigenvalue weighted by Crippen LogP contribution is 2.19. The van der Waals surface area contributed by atoms with Gasteiger partial charge in [0.05, 0.1) is 5.69 Å². The Bertz CT molecular complexity index is 865. The van der Waals surface area contributed by atoms with Crippen LogP contribution in [0, 0.1) is 0 Å². The Balaban J connectivity index is 1.50. The minimum absolute atomic E-state index is 0.0786. The van der Waals surface area contributed by atoms with Crippen LogP contribution in [-0.2, 0) is 20.0 Å². The van der Waals surface area contributed by atoms with Crippen LogP contribution in [0.1, 0.15) is 22.6 Å². The van der Waals surface area contributed by atoms with E-state index in [0.29, 0.717) is 5.69 Å². The van der Waals surface area contributed by atoms with Gasteiger partial charge in [-0.3, -0.25) is 14.2 Å². The molecule has 0 saturated carbocycles. The standard InChI is InChI=1S/C18H19N5O/c1-22-17(12-16(21-22)13-5-3-2-4-6-13)18(24)20-14-8-10-23-15(11-14)7-9-19-23/h2-7,9,12,14H,8,10-11H2,1H3,(H,20,24)/t14-/m0/s1. The number of carbonyl (C=O) groups is 1. The van der Waals surface area contributed by atoms with E-state index in [1.54, 1.807) is 11.7 Å². The van der Waals surface area contributed by atoms with Crippen molar-refractivity contribution in [3.05, 3.63) is 60.0 Å². The Morgan fingerprint density at radius 3 is 2.92 bits per heavy atom. The van der Waals surface area contributed by atoms with E-state index in [1.165, 1.54) is 5.69 Å². The lowest BCUT2D eigenvalue weighted by Crippen LogP contribution is -2.40. The second kappa shape index (κ2) is 5.96. The number of carbonyl (C=O) groups excluding carboxylic acids is 1. The molecule has 2 aromatic heterocycles. The molecular weight excluding hydrogens is 302 g/mol. The smallest absolute Gasteiger partial charge is 0.269 e. The summed E-state index contributed by atoms with van der Waals surface area (Å²) in [5, 5.41) is 11.9. The van der Waals surface area contributed by atoms with E-state index >= 15 is 0 Å². The van der Waals surface area contributed by atoms with Gasteiger partial charge in [0.1, 0.15) is 5.69 Å². The Morgan fingerprint density at radius 1 is 1.25 bits per heavy atom. The Morgan fingerprint density at radius 2 is 2.08 bits per heavy atom. The largest absolute Gasteiger partial charge is 0.348 e. The van der Waals surface area contributed by atoms with Crippen LogP contribution in [0.4, 0.5) is 0 Å². The molecule has 0 unspecified atom stereocenters. The van der Waals surface area contributed by atoms with Crippen LogP contribution in [0.5, 0.6) is 0 Å². The van der Waals surface area contributed by atoms with Gasteiger partial charge >= 0.3 is 0 Å². The van der Waals surface area contributed by atoms with Crippen LogP contribution in [0.25, 0.3) is 11.3 Å². The monoisotopic (exact) mass is 321 g/mol. The number of hydrogen-bond acceptors (Lipinski definition) is 3. The first-order valence-corrected chi connectivity index (χ1v) is 8.12. The SMILES string of the molecule is Cn1nc(-c2ccccc2)cc1C(=O)N[C@H]1CCn2nccc2C1. The van der Waals surface area contributed by atoms with Crippen molar-refractivity contribution in [2.24, 2.45) is 7.05 Å². The number of hydrogen-bond donors (Lipinski definition) is 1. The van der Waals surface area contributed by atoms with E-state index < -0.39 is 0 Å². The maximum absolute atomic E-state index is 12.6. The number of fused-ring (bicyclic) bond motifs is 1. The highest BCUT2D eigenvalue weighted by molar-refractivity contribution is 5.93. The third-order valence-electron chi connectivity index (χ3n) is 4.47. The summed E-state index contributed by atoms with van der Waals surface area (Å²) < 4.78 is 3.64. The number of aryl methyl sites for hydroxylation is 2. The van der Waals surface area contributed by atoms with Crippen molar-refractivity contribution in [3.8, 4) is 11.3 Å². The molecule has 0 aliphatic carbocycles. The van der Waals surface area contributed by atoms with Crippen molar-refractivity contribution < 1.29 is 4.79 Å². The van der Waals surface area contributed by atoms with E-state index in [2.05, 4.69) is 15.5 Å². The molecule has 0 saturated heterocycles. The molecule has 0 fully saturated rings. The molecule has 6 nitrogen and oxygen atoms in total. The number of amides is 1. The quantitative estimate of drug-likeness (QED) is 0.803. The number of nitrogens with zero attached hydrogens (tertiary/aromatic N) is 4. The van der Waals surface area contributed by atoms with Gasteiger partial charge in [-0.2, -0.15) is 10.2 Å². The van der Waals surface area contributed by atoms with Crippen molar-refractivity contribution >= 4 is 5.91 Å². The molecule has 24 heavy (non-hydrogen) atoms. The zero-order valence-corrected chi connectivity index (χ0v) is 13.5. The molecule has 0 radical (unpaired) electrons. The third-order valence-corrected chi connectivity index (χ3v) is 4.47. The van der Waals surface area contributed by atoms with Gasteiger partial charge < -0.3 is 5.32 Å². The molecule has 1 N–H and O–H groups in total. The predicted octanol–water partition coefficient (Wildman–Crippen LogP) is 2.03. The Hall–Kier alpha value is -2.89. The summed E-state index contributed by atoms with van der Waals surface area (Å²) in [6, 6.07) is 13.9. The molecule has 1 aliphatic heterocycles. The van der Waals surface area contributed by atoms with Crippen LogP contribution in [0.2, 0.25) is 0 Å². The first kappa shape index (κ1) is 14.7. The van der Waals surface area contributed by atoms with Gasteiger partial charge in [-0.15, -0.1) is 0 Å². The molecule has 1 aliphatic rings. The van der Waals surface area contributed by atoms with E-state index in [-0.39, 0.29) is 11.9 Å².